The highest BCUT2D eigenvalue weighted by atomic mass is 79.9. The fourth-order valence-electron chi connectivity index (χ4n) is 2.85. The summed E-state index contributed by atoms with van der Waals surface area (Å²) in [4.78, 5) is 0. The summed E-state index contributed by atoms with van der Waals surface area (Å²) < 4.78 is 19.7. The SMILES string of the molecule is CCCNC(Cc1ccc(F)c(Br)c1)CC1CCCCO1. The van der Waals surface area contributed by atoms with Crippen LogP contribution in [-0.2, 0) is 11.2 Å². The first-order valence-corrected chi connectivity index (χ1v) is 8.77. The second-order valence-corrected chi connectivity index (χ2v) is 6.68. The van der Waals surface area contributed by atoms with Crippen LogP contribution in [0.25, 0.3) is 0 Å². The minimum atomic E-state index is -0.201. The van der Waals surface area contributed by atoms with Crippen molar-refractivity contribution in [1.29, 1.82) is 0 Å². The number of hydrogen-bond acceptors (Lipinski definition) is 2. The van der Waals surface area contributed by atoms with Gasteiger partial charge in [-0.05, 0) is 78.7 Å². The first kappa shape index (κ1) is 16.9. The zero-order valence-electron chi connectivity index (χ0n) is 12.7. The molecule has 1 N–H and O–H groups in total. The topological polar surface area (TPSA) is 21.3 Å². The van der Waals surface area contributed by atoms with E-state index in [9.17, 15) is 4.39 Å². The van der Waals surface area contributed by atoms with Crippen molar-refractivity contribution in [1.82, 2.24) is 5.32 Å². The van der Waals surface area contributed by atoms with Gasteiger partial charge in [-0.3, -0.25) is 0 Å². The van der Waals surface area contributed by atoms with Crippen molar-refractivity contribution in [2.45, 2.75) is 57.6 Å². The van der Waals surface area contributed by atoms with Gasteiger partial charge in [0.1, 0.15) is 5.82 Å². The molecule has 1 aliphatic rings. The molecule has 1 heterocycles. The van der Waals surface area contributed by atoms with E-state index in [4.69, 9.17) is 4.74 Å². The zero-order chi connectivity index (χ0) is 15.1. The van der Waals surface area contributed by atoms with Gasteiger partial charge in [-0.25, -0.2) is 4.39 Å². The maximum Gasteiger partial charge on any atom is 0.137 e. The molecule has 0 aromatic heterocycles. The Kier molecular flexibility index (Phi) is 7.14. The van der Waals surface area contributed by atoms with Gasteiger partial charge in [-0.2, -0.15) is 0 Å². The van der Waals surface area contributed by atoms with Crippen molar-refractivity contribution < 1.29 is 9.13 Å². The van der Waals surface area contributed by atoms with E-state index in [1.54, 1.807) is 0 Å². The van der Waals surface area contributed by atoms with Crippen molar-refractivity contribution in [2.24, 2.45) is 0 Å². The van der Waals surface area contributed by atoms with Crippen molar-refractivity contribution in [2.75, 3.05) is 13.2 Å². The summed E-state index contributed by atoms with van der Waals surface area (Å²) >= 11 is 3.27. The lowest BCUT2D eigenvalue weighted by molar-refractivity contribution is 0.00526. The van der Waals surface area contributed by atoms with E-state index in [-0.39, 0.29) is 5.82 Å². The summed E-state index contributed by atoms with van der Waals surface area (Å²) in [6.45, 7) is 4.09. The number of halogens is 2. The first-order chi connectivity index (χ1) is 10.2. The summed E-state index contributed by atoms with van der Waals surface area (Å²) in [6, 6.07) is 5.69. The molecule has 0 amide bonds. The van der Waals surface area contributed by atoms with Crippen LogP contribution in [-0.4, -0.2) is 25.3 Å². The number of nitrogens with one attached hydrogen (secondary N) is 1. The smallest absolute Gasteiger partial charge is 0.137 e. The van der Waals surface area contributed by atoms with Crippen molar-refractivity contribution in [3.8, 4) is 0 Å². The molecule has 0 saturated carbocycles. The maximum atomic E-state index is 13.3. The highest BCUT2D eigenvalue weighted by molar-refractivity contribution is 9.10. The fourth-order valence-corrected chi connectivity index (χ4v) is 3.28. The Balaban J connectivity index is 1.95. The Bertz CT molecular complexity index is 435. The Morgan fingerprint density at radius 3 is 2.95 bits per heavy atom. The van der Waals surface area contributed by atoms with Crippen LogP contribution in [0.2, 0.25) is 0 Å². The third kappa shape index (κ3) is 5.68. The molecule has 0 radical (unpaired) electrons. The number of benzene rings is 1. The lowest BCUT2D eigenvalue weighted by atomic mass is 9.96. The van der Waals surface area contributed by atoms with Gasteiger partial charge in [0, 0.05) is 12.6 Å². The molecule has 1 fully saturated rings. The highest BCUT2D eigenvalue weighted by Crippen LogP contribution is 2.21. The predicted molar refractivity (Wildman–Crippen MR) is 88.1 cm³/mol. The number of hydrogen-bond donors (Lipinski definition) is 1. The summed E-state index contributed by atoms with van der Waals surface area (Å²) in [6.07, 6.45) is 7.07. The van der Waals surface area contributed by atoms with E-state index in [0.29, 0.717) is 16.6 Å². The quantitative estimate of drug-likeness (QED) is 0.777. The summed E-state index contributed by atoms with van der Waals surface area (Å²) in [5, 5.41) is 3.61. The van der Waals surface area contributed by atoms with Crippen molar-refractivity contribution in [3.63, 3.8) is 0 Å². The number of ether oxygens (including phenoxy) is 1. The molecule has 2 nitrogen and oxygen atoms in total. The minimum Gasteiger partial charge on any atom is -0.378 e. The average molecular weight is 358 g/mol. The summed E-state index contributed by atoms with van der Waals surface area (Å²) in [5.41, 5.74) is 1.16. The van der Waals surface area contributed by atoms with Crippen LogP contribution in [0.4, 0.5) is 4.39 Å². The molecule has 2 unspecified atom stereocenters. The molecule has 118 valence electrons. The average Bonchev–Trinajstić information content (AvgIpc) is 2.49. The third-order valence-corrected chi connectivity index (χ3v) is 4.58. The van der Waals surface area contributed by atoms with Gasteiger partial charge in [0.25, 0.3) is 0 Å². The molecule has 1 aromatic rings. The van der Waals surface area contributed by atoms with Crippen LogP contribution >= 0.6 is 15.9 Å². The molecule has 2 rings (SSSR count). The Morgan fingerprint density at radius 2 is 2.29 bits per heavy atom. The fraction of sp³-hybridized carbons (Fsp3) is 0.647. The molecule has 0 aliphatic carbocycles. The summed E-state index contributed by atoms with van der Waals surface area (Å²) in [7, 11) is 0. The molecule has 1 saturated heterocycles. The predicted octanol–water partition coefficient (Wildman–Crippen LogP) is 4.46. The third-order valence-electron chi connectivity index (χ3n) is 3.97. The van der Waals surface area contributed by atoms with Gasteiger partial charge in [0.15, 0.2) is 0 Å². The largest absolute Gasteiger partial charge is 0.378 e. The van der Waals surface area contributed by atoms with E-state index in [2.05, 4.69) is 28.2 Å². The molecular weight excluding hydrogens is 333 g/mol. The van der Waals surface area contributed by atoms with E-state index >= 15 is 0 Å². The molecule has 0 spiro atoms. The number of rotatable bonds is 7. The minimum absolute atomic E-state index is 0.201. The van der Waals surface area contributed by atoms with Crippen LogP contribution in [0.5, 0.6) is 0 Å². The first-order valence-electron chi connectivity index (χ1n) is 7.98. The van der Waals surface area contributed by atoms with Gasteiger partial charge >= 0.3 is 0 Å². The van der Waals surface area contributed by atoms with Crippen LogP contribution in [0, 0.1) is 5.82 Å². The van der Waals surface area contributed by atoms with Crippen LogP contribution in [0.15, 0.2) is 22.7 Å². The highest BCUT2D eigenvalue weighted by Gasteiger charge is 2.19. The van der Waals surface area contributed by atoms with Gasteiger partial charge in [-0.15, -0.1) is 0 Å². The van der Waals surface area contributed by atoms with E-state index in [1.165, 1.54) is 18.9 Å². The molecular formula is C17H25BrFNO. The standard InChI is InChI=1S/C17H25BrFNO/c1-2-8-20-14(12-15-5-3-4-9-21-15)10-13-6-7-17(19)16(18)11-13/h6-7,11,14-15,20H,2-5,8-10,12H2,1H3. The Morgan fingerprint density at radius 1 is 1.43 bits per heavy atom. The molecule has 1 aromatic carbocycles. The van der Waals surface area contributed by atoms with Crippen molar-refractivity contribution in [3.05, 3.63) is 34.1 Å². The Labute approximate surface area is 135 Å². The Hall–Kier alpha value is -0.450. The van der Waals surface area contributed by atoms with Gasteiger partial charge in [0.2, 0.25) is 0 Å². The van der Waals surface area contributed by atoms with E-state index < -0.39 is 0 Å². The second-order valence-electron chi connectivity index (χ2n) is 5.83. The van der Waals surface area contributed by atoms with E-state index in [0.717, 1.165) is 44.4 Å². The molecule has 2 atom stereocenters. The van der Waals surface area contributed by atoms with Gasteiger partial charge < -0.3 is 10.1 Å². The lowest BCUT2D eigenvalue weighted by Gasteiger charge is -2.28. The second kappa shape index (κ2) is 8.86. The van der Waals surface area contributed by atoms with Crippen molar-refractivity contribution >= 4 is 15.9 Å². The normalized spacial score (nSPS) is 20.4. The molecule has 0 bridgehead atoms. The van der Waals surface area contributed by atoms with Crippen LogP contribution < -0.4 is 5.32 Å². The molecule has 21 heavy (non-hydrogen) atoms. The monoisotopic (exact) mass is 357 g/mol. The van der Waals surface area contributed by atoms with Crippen LogP contribution in [0.1, 0.15) is 44.6 Å². The van der Waals surface area contributed by atoms with Crippen LogP contribution in [0.3, 0.4) is 0 Å². The molecule has 4 heteroatoms. The summed E-state index contributed by atoms with van der Waals surface area (Å²) in [5.74, 6) is -0.201. The lowest BCUT2D eigenvalue weighted by Crippen LogP contribution is -2.36. The van der Waals surface area contributed by atoms with Gasteiger partial charge in [-0.1, -0.05) is 13.0 Å². The zero-order valence-corrected chi connectivity index (χ0v) is 14.3. The van der Waals surface area contributed by atoms with E-state index in [1.807, 2.05) is 12.1 Å². The van der Waals surface area contributed by atoms with Gasteiger partial charge in [0.05, 0.1) is 10.6 Å². The maximum absolute atomic E-state index is 13.3. The molecule has 1 aliphatic heterocycles.